The van der Waals surface area contributed by atoms with E-state index in [-0.39, 0.29) is 17.7 Å². The van der Waals surface area contributed by atoms with Crippen LogP contribution in [0.25, 0.3) is 11.0 Å². The molecule has 0 atom stereocenters. The highest BCUT2D eigenvalue weighted by Crippen LogP contribution is 2.34. The average molecular weight is 465 g/mol. The third-order valence-electron chi connectivity index (χ3n) is 5.77. The lowest BCUT2D eigenvalue weighted by molar-refractivity contribution is -0.138. The molecule has 4 aromatic rings. The van der Waals surface area contributed by atoms with Crippen LogP contribution in [0.3, 0.4) is 0 Å². The minimum Gasteiger partial charge on any atom is -0.382 e. The molecule has 34 heavy (non-hydrogen) atoms. The Morgan fingerprint density at radius 3 is 2.41 bits per heavy atom. The lowest BCUT2D eigenvalue weighted by Crippen LogP contribution is -2.13. The van der Waals surface area contributed by atoms with E-state index in [9.17, 15) is 18.0 Å². The number of amides is 1. The number of nitrogens with zero attached hydrogens (tertiary/aromatic N) is 2. The van der Waals surface area contributed by atoms with Gasteiger partial charge in [-0.1, -0.05) is 18.2 Å². The Balaban J connectivity index is 1.54. The van der Waals surface area contributed by atoms with Crippen molar-refractivity contribution in [3.8, 4) is 0 Å². The summed E-state index contributed by atoms with van der Waals surface area (Å²) in [6.07, 6.45) is -2.16. The molecule has 9 heteroatoms. The molecule has 1 aliphatic rings. The van der Waals surface area contributed by atoms with E-state index in [1.807, 2.05) is 24.3 Å². The van der Waals surface area contributed by atoms with Crippen LogP contribution in [-0.4, -0.2) is 21.5 Å². The smallest absolute Gasteiger partial charge is 0.382 e. The number of alkyl halides is 3. The van der Waals surface area contributed by atoms with Crippen LogP contribution >= 0.6 is 0 Å². The first kappa shape index (κ1) is 21.8. The second-order valence-electron chi connectivity index (χ2n) is 8.37. The molecule has 0 unspecified atom stereocenters. The van der Waals surface area contributed by atoms with Crippen molar-refractivity contribution in [2.45, 2.75) is 31.6 Å². The summed E-state index contributed by atoms with van der Waals surface area (Å²) in [4.78, 5) is 16.2. The molecule has 0 radical (unpaired) electrons. The predicted octanol–water partition coefficient (Wildman–Crippen LogP) is 5.52. The number of nitrogens with one attached hydrogen (secondary N) is 2. The summed E-state index contributed by atoms with van der Waals surface area (Å²) >= 11 is 0. The fraction of sp³-hybridized carbons (Fsp3) is 0.200. The lowest BCUT2D eigenvalue weighted by Gasteiger charge is -2.16. The Kier molecular flexibility index (Phi) is 5.39. The largest absolute Gasteiger partial charge is 0.416 e. The van der Waals surface area contributed by atoms with Gasteiger partial charge in [0.25, 0.3) is 0 Å². The van der Waals surface area contributed by atoms with Crippen molar-refractivity contribution < 1.29 is 18.0 Å². The number of hydrogen-bond donors (Lipinski definition) is 3. The Morgan fingerprint density at radius 1 is 1.03 bits per heavy atom. The van der Waals surface area contributed by atoms with Gasteiger partial charge in [0.15, 0.2) is 0 Å². The standard InChI is InChI=1S/C25H22F3N5O/c26-25(27,28)20-4-2-1-3-16(20)14-33-22-12-5-15(23(29)34)13-21(22)32-24(33)31-19-10-8-18(9-11-19)30-17-6-7-17/h1-5,8-13,17,30H,6-7,14H2,(H2,29,34)(H,31,32). The van der Waals surface area contributed by atoms with Crippen molar-refractivity contribution in [2.24, 2.45) is 5.73 Å². The Bertz CT molecular complexity index is 1360. The third kappa shape index (κ3) is 4.54. The maximum Gasteiger partial charge on any atom is 0.416 e. The number of carbonyl (C=O) groups is 1. The summed E-state index contributed by atoms with van der Waals surface area (Å²) in [5.41, 5.74) is 7.85. The normalized spacial score (nSPS) is 13.7. The van der Waals surface area contributed by atoms with E-state index in [4.69, 9.17) is 5.73 Å². The molecule has 6 nitrogen and oxygen atoms in total. The number of halogens is 3. The highest BCUT2D eigenvalue weighted by molar-refractivity contribution is 5.96. The van der Waals surface area contributed by atoms with E-state index in [0.29, 0.717) is 23.0 Å². The van der Waals surface area contributed by atoms with Crippen LogP contribution in [0.2, 0.25) is 0 Å². The monoisotopic (exact) mass is 465 g/mol. The van der Waals surface area contributed by atoms with Crippen LogP contribution in [-0.2, 0) is 12.7 Å². The molecule has 4 N–H and O–H groups in total. The number of carbonyl (C=O) groups excluding carboxylic acids is 1. The molecule has 3 aromatic carbocycles. The molecule has 1 fully saturated rings. The van der Waals surface area contributed by atoms with Gasteiger partial charge in [-0.25, -0.2) is 4.98 Å². The zero-order chi connectivity index (χ0) is 23.9. The van der Waals surface area contributed by atoms with Gasteiger partial charge in [0.2, 0.25) is 11.9 Å². The van der Waals surface area contributed by atoms with Crippen LogP contribution in [0.5, 0.6) is 0 Å². The van der Waals surface area contributed by atoms with Gasteiger partial charge in [-0.15, -0.1) is 0 Å². The minimum atomic E-state index is -4.48. The zero-order valence-electron chi connectivity index (χ0n) is 18.1. The van der Waals surface area contributed by atoms with Crippen molar-refractivity contribution in [3.63, 3.8) is 0 Å². The van der Waals surface area contributed by atoms with Gasteiger partial charge in [0.05, 0.1) is 23.1 Å². The van der Waals surface area contributed by atoms with E-state index in [0.717, 1.165) is 30.3 Å². The average Bonchev–Trinajstić information content (AvgIpc) is 3.56. The Labute approximate surface area is 193 Å². The van der Waals surface area contributed by atoms with E-state index in [1.54, 1.807) is 22.8 Å². The first-order chi connectivity index (χ1) is 16.3. The van der Waals surface area contributed by atoms with Gasteiger partial charge in [0, 0.05) is 23.0 Å². The Morgan fingerprint density at radius 2 is 1.74 bits per heavy atom. The highest BCUT2D eigenvalue weighted by Gasteiger charge is 2.33. The van der Waals surface area contributed by atoms with Gasteiger partial charge >= 0.3 is 6.18 Å². The number of fused-ring (bicyclic) bond motifs is 1. The summed E-state index contributed by atoms with van der Waals surface area (Å²) in [6.45, 7) is -0.0637. The molecule has 1 saturated carbocycles. The first-order valence-electron chi connectivity index (χ1n) is 10.9. The van der Waals surface area contributed by atoms with E-state index in [1.165, 1.54) is 18.2 Å². The van der Waals surface area contributed by atoms with Crippen LogP contribution in [0.15, 0.2) is 66.7 Å². The molecular weight excluding hydrogens is 443 g/mol. The first-order valence-corrected chi connectivity index (χ1v) is 10.9. The fourth-order valence-electron chi connectivity index (χ4n) is 3.89. The highest BCUT2D eigenvalue weighted by atomic mass is 19.4. The van der Waals surface area contributed by atoms with Gasteiger partial charge in [-0.05, 0) is 66.9 Å². The molecule has 1 heterocycles. The van der Waals surface area contributed by atoms with E-state index >= 15 is 0 Å². The quantitative estimate of drug-likeness (QED) is 0.336. The third-order valence-corrected chi connectivity index (χ3v) is 5.77. The SMILES string of the molecule is NC(=O)c1ccc2c(c1)nc(Nc1ccc(NC3CC3)cc1)n2Cc1ccccc1C(F)(F)F. The predicted molar refractivity (Wildman–Crippen MR) is 125 cm³/mol. The number of anilines is 3. The molecule has 0 saturated heterocycles. The second-order valence-corrected chi connectivity index (χ2v) is 8.37. The van der Waals surface area contributed by atoms with Gasteiger partial charge in [-0.3, -0.25) is 4.79 Å². The maximum absolute atomic E-state index is 13.6. The Hall–Kier alpha value is -4.01. The summed E-state index contributed by atoms with van der Waals surface area (Å²) in [7, 11) is 0. The van der Waals surface area contributed by atoms with Crippen molar-refractivity contribution in [1.82, 2.24) is 9.55 Å². The number of nitrogens with two attached hydrogens (primary N) is 1. The van der Waals surface area contributed by atoms with Crippen LogP contribution < -0.4 is 16.4 Å². The van der Waals surface area contributed by atoms with E-state index in [2.05, 4.69) is 15.6 Å². The molecule has 1 amide bonds. The van der Waals surface area contributed by atoms with Crippen LogP contribution in [0.4, 0.5) is 30.5 Å². The van der Waals surface area contributed by atoms with Crippen molar-refractivity contribution in [2.75, 3.05) is 10.6 Å². The fourth-order valence-corrected chi connectivity index (χ4v) is 3.89. The summed E-state index contributed by atoms with van der Waals surface area (Å²) in [6, 6.07) is 18.4. The number of rotatable bonds is 7. The van der Waals surface area contributed by atoms with Gasteiger partial charge in [-0.2, -0.15) is 13.2 Å². The number of benzene rings is 3. The second kappa shape index (κ2) is 8.40. The number of aromatic nitrogens is 2. The van der Waals surface area contributed by atoms with Crippen molar-refractivity contribution in [1.29, 1.82) is 0 Å². The van der Waals surface area contributed by atoms with Crippen LogP contribution in [0, 0.1) is 0 Å². The molecule has 0 bridgehead atoms. The number of imidazole rings is 1. The summed E-state index contributed by atoms with van der Waals surface area (Å²) in [5, 5.41) is 6.62. The molecule has 174 valence electrons. The minimum absolute atomic E-state index is 0.0637. The molecule has 0 spiro atoms. The van der Waals surface area contributed by atoms with Gasteiger partial charge in [0.1, 0.15) is 0 Å². The number of hydrogen-bond acceptors (Lipinski definition) is 4. The molecule has 0 aliphatic heterocycles. The molecular formula is C25H22F3N5O. The van der Waals surface area contributed by atoms with Gasteiger partial charge < -0.3 is 20.9 Å². The van der Waals surface area contributed by atoms with E-state index < -0.39 is 17.6 Å². The summed E-state index contributed by atoms with van der Waals surface area (Å²) in [5.74, 6) is -0.247. The molecule has 1 aliphatic carbocycles. The number of primary amides is 1. The summed E-state index contributed by atoms with van der Waals surface area (Å²) < 4.78 is 42.5. The molecule has 5 rings (SSSR count). The topological polar surface area (TPSA) is 85.0 Å². The van der Waals surface area contributed by atoms with Crippen molar-refractivity contribution in [3.05, 3.63) is 83.4 Å². The van der Waals surface area contributed by atoms with Crippen molar-refractivity contribution >= 4 is 34.3 Å². The lowest BCUT2D eigenvalue weighted by atomic mass is 10.1. The zero-order valence-corrected chi connectivity index (χ0v) is 18.1. The van der Waals surface area contributed by atoms with Crippen LogP contribution in [0.1, 0.15) is 34.3 Å². The molecule has 1 aromatic heterocycles. The maximum atomic E-state index is 13.6.